The molecule has 0 aliphatic carbocycles. The van der Waals surface area contributed by atoms with E-state index in [1.165, 1.54) is 45.3 Å². The number of unbranched alkanes of at least 4 members (excludes halogenated alkanes) is 2. The van der Waals surface area contributed by atoms with Crippen molar-refractivity contribution >= 4 is 0 Å². The van der Waals surface area contributed by atoms with Gasteiger partial charge in [-0.25, -0.2) is 0 Å². The fourth-order valence-electron chi connectivity index (χ4n) is 2.45. The van der Waals surface area contributed by atoms with Gasteiger partial charge in [0, 0.05) is 31.7 Å². The minimum Gasteiger partial charge on any atom is -0.317 e. The molecule has 1 fully saturated rings. The molecule has 0 aromatic heterocycles. The molecule has 3 heteroatoms. The van der Waals surface area contributed by atoms with E-state index >= 15 is 0 Å². The van der Waals surface area contributed by atoms with Gasteiger partial charge in [-0.05, 0) is 39.8 Å². The third-order valence-electron chi connectivity index (χ3n) is 3.84. The predicted octanol–water partition coefficient (Wildman–Crippen LogP) is 1.84. The number of rotatable bonds is 8. The summed E-state index contributed by atoms with van der Waals surface area (Å²) >= 11 is 0. The van der Waals surface area contributed by atoms with Crippen molar-refractivity contribution in [3.8, 4) is 0 Å². The highest BCUT2D eigenvalue weighted by Crippen LogP contribution is 2.18. The van der Waals surface area contributed by atoms with E-state index in [-0.39, 0.29) is 0 Å². The Morgan fingerprint density at radius 1 is 1.12 bits per heavy atom. The van der Waals surface area contributed by atoms with Crippen LogP contribution in [0, 0.1) is 0 Å². The molecular formula is C14H31N3. The highest BCUT2D eigenvalue weighted by atomic mass is 15.2. The van der Waals surface area contributed by atoms with Crippen LogP contribution in [0.5, 0.6) is 0 Å². The van der Waals surface area contributed by atoms with Crippen LogP contribution < -0.4 is 10.6 Å². The zero-order valence-electron chi connectivity index (χ0n) is 12.0. The zero-order chi connectivity index (χ0) is 12.6. The number of nitrogens with zero attached hydrogens (tertiary/aromatic N) is 1. The third kappa shape index (κ3) is 5.84. The molecular weight excluding hydrogens is 210 g/mol. The van der Waals surface area contributed by atoms with Crippen LogP contribution in [0.3, 0.4) is 0 Å². The Hall–Kier alpha value is -0.120. The van der Waals surface area contributed by atoms with E-state index in [0.29, 0.717) is 5.54 Å². The van der Waals surface area contributed by atoms with E-state index in [9.17, 15) is 0 Å². The molecule has 1 saturated heterocycles. The number of nitrogens with one attached hydrogen (secondary N) is 2. The van der Waals surface area contributed by atoms with Gasteiger partial charge in [0.25, 0.3) is 0 Å². The topological polar surface area (TPSA) is 27.3 Å². The van der Waals surface area contributed by atoms with Gasteiger partial charge in [-0.1, -0.05) is 19.8 Å². The summed E-state index contributed by atoms with van der Waals surface area (Å²) in [7, 11) is 0. The maximum absolute atomic E-state index is 3.57. The van der Waals surface area contributed by atoms with Crippen molar-refractivity contribution in [1.29, 1.82) is 0 Å². The zero-order valence-corrected chi connectivity index (χ0v) is 12.0. The fraction of sp³-hybridized carbons (Fsp3) is 1.00. The van der Waals surface area contributed by atoms with E-state index in [4.69, 9.17) is 0 Å². The van der Waals surface area contributed by atoms with Crippen LogP contribution in [0.2, 0.25) is 0 Å². The second-order valence-electron chi connectivity index (χ2n) is 5.76. The lowest BCUT2D eigenvalue weighted by molar-refractivity contribution is 0.0956. The second-order valence-corrected chi connectivity index (χ2v) is 5.76. The summed E-state index contributed by atoms with van der Waals surface area (Å²) in [4.78, 5) is 2.62. The Balaban J connectivity index is 2.10. The molecule has 1 heterocycles. The summed E-state index contributed by atoms with van der Waals surface area (Å²) in [5.74, 6) is 0. The van der Waals surface area contributed by atoms with Crippen molar-refractivity contribution in [2.75, 3.05) is 39.3 Å². The van der Waals surface area contributed by atoms with Gasteiger partial charge in [0.15, 0.2) is 0 Å². The Morgan fingerprint density at radius 2 is 1.82 bits per heavy atom. The summed E-state index contributed by atoms with van der Waals surface area (Å²) in [6.45, 7) is 14.0. The first-order valence-electron chi connectivity index (χ1n) is 7.33. The fourth-order valence-corrected chi connectivity index (χ4v) is 2.45. The van der Waals surface area contributed by atoms with Gasteiger partial charge in [-0.3, -0.25) is 4.90 Å². The number of hydrogen-bond acceptors (Lipinski definition) is 3. The molecule has 0 saturated carbocycles. The van der Waals surface area contributed by atoms with Crippen molar-refractivity contribution in [3.63, 3.8) is 0 Å². The van der Waals surface area contributed by atoms with E-state index in [1.807, 2.05) is 0 Å². The number of piperazine rings is 1. The van der Waals surface area contributed by atoms with Gasteiger partial charge in [-0.2, -0.15) is 0 Å². The van der Waals surface area contributed by atoms with Crippen LogP contribution in [0.15, 0.2) is 0 Å². The first kappa shape index (κ1) is 14.9. The second kappa shape index (κ2) is 8.06. The third-order valence-corrected chi connectivity index (χ3v) is 3.84. The Labute approximate surface area is 107 Å². The lowest BCUT2D eigenvalue weighted by Gasteiger charge is -2.41. The van der Waals surface area contributed by atoms with Crippen LogP contribution in [0.1, 0.15) is 46.5 Å². The van der Waals surface area contributed by atoms with Gasteiger partial charge < -0.3 is 10.6 Å². The summed E-state index contributed by atoms with van der Waals surface area (Å²) in [6, 6.07) is 0. The molecule has 0 amide bonds. The van der Waals surface area contributed by atoms with Gasteiger partial charge in [0.05, 0.1) is 0 Å². The highest BCUT2D eigenvalue weighted by Gasteiger charge is 2.26. The Kier molecular flexibility index (Phi) is 7.09. The summed E-state index contributed by atoms with van der Waals surface area (Å²) in [5, 5.41) is 6.99. The highest BCUT2D eigenvalue weighted by molar-refractivity contribution is 4.85. The van der Waals surface area contributed by atoms with Crippen LogP contribution in [0.25, 0.3) is 0 Å². The molecule has 0 atom stereocenters. The molecule has 1 aliphatic rings. The van der Waals surface area contributed by atoms with Gasteiger partial charge >= 0.3 is 0 Å². The smallest absolute Gasteiger partial charge is 0.0166 e. The quantitative estimate of drug-likeness (QED) is 0.635. The minimum absolute atomic E-state index is 0.347. The van der Waals surface area contributed by atoms with Crippen LogP contribution in [-0.4, -0.2) is 49.7 Å². The lowest BCUT2D eigenvalue weighted by atomic mass is 9.97. The van der Waals surface area contributed by atoms with Crippen LogP contribution >= 0.6 is 0 Å². The van der Waals surface area contributed by atoms with Crippen molar-refractivity contribution in [2.24, 2.45) is 0 Å². The molecule has 0 bridgehead atoms. The molecule has 1 aliphatic heterocycles. The van der Waals surface area contributed by atoms with Crippen LogP contribution in [0.4, 0.5) is 0 Å². The first-order chi connectivity index (χ1) is 8.17. The van der Waals surface area contributed by atoms with E-state index in [0.717, 1.165) is 19.6 Å². The molecule has 0 spiro atoms. The first-order valence-corrected chi connectivity index (χ1v) is 7.33. The van der Waals surface area contributed by atoms with E-state index in [1.54, 1.807) is 0 Å². The predicted molar refractivity (Wildman–Crippen MR) is 75.5 cm³/mol. The van der Waals surface area contributed by atoms with Gasteiger partial charge in [0.2, 0.25) is 0 Å². The molecule has 2 N–H and O–H groups in total. The molecule has 1 rings (SSSR count). The molecule has 17 heavy (non-hydrogen) atoms. The normalized spacial score (nSPS) is 18.5. The van der Waals surface area contributed by atoms with E-state index < -0.39 is 0 Å². The minimum atomic E-state index is 0.347. The monoisotopic (exact) mass is 241 g/mol. The van der Waals surface area contributed by atoms with E-state index in [2.05, 4.69) is 36.3 Å². The molecule has 3 nitrogen and oxygen atoms in total. The molecule has 0 unspecified atom stereocenters. The Morgan fingerprint density at radius 3 is 2.47 bits per heavy atom. The molecule has 0 aromatic carbocycles. The van der Waals surface area contributed by atoms with Gasteiger partial charge in [-0.15, -0.1) is 0 Å². The van der Waals surface area contributed by atoms with Crippen molar-refractivity contribution in [3.05, 3.63) is 0 Å². The van der Waals surface area contributed by atoms with Gasteiger partial charge in [0.1, 0.15) is 0 Å². The van der Waals surface area contributed by atoms with Crippen LogP contribution in [-0.2, 0) is 0 Å². The molecule has 0 radical (unpaired) electrons. The Bertz CT molecular complexity index is 186. The van der Waals surface area contributed by atoms with Crippen molar-refractivity contribution in [1.82, 2.24) is 15.5 Å². The lowest BCUT2D eigenvalue weighted by Crippen LogP contribution is -2.54. The standard InChI is InChI=1S/C14H31N3/c1-4-5-6-8-15-9-7-14(2,3)17-12-10-16-11-13-17/h15-16H,4-13H2,1-3H3. The maximum atomic E-state index is 3.57. The SMILES string of the molecule is CCCCCNCCC(C)(C)N1CCNCC1. The van der Waals surface area contributed by atoms with Crippen molar-refractivity contribution < 1.29 is 0 Å². The molecule has 102 valence electrons. The average Bonchev–Trinajstić information content (AvgIpc) is 2.35. The summed E-state index contributed by atoms with van der Waals surface area (Å²) < 4.78 is 0. The van der Waals surface area contributed by atoms with Crippen molar-refractivity contribution in [2.45, 2.75) is 52.0 Å². The summed E-state index contributed by atoms with van der Waals surface area (Å²) in [5.41, 5.74) is 0.347. The average molecular weight is 241 g/mol. The summed E-state index contributed by atoms with van der Waals surface area (Å²) in [6.07, 6.45) is 5.24. The largest absolute Gasteiger partial charge is 0.317 e. The molecule has 0 aromatic rings. The maximum Gasteiger partial charge on any atom is 0.0166 e. The number of hydrogen-bond donors (Lipinski definition) is 2.